The van der Waals surface area contributed by atoms with E-state index in [0.29, 0.717) is 28.7 Å². The number of carbonyl (C=O) groups excluding carboxylic acids is 2. The zero-order chi connectivity index (χ0) is 20.1. The third-order valence-electron chi connectivity index (χ3n) is 4.99. The number of para-hydroxylation sites is 1. The molecule has 1 fully saturated rings. The number of benzene rings is 2. The van der Waals surface area contributed by atoms with E-state index in [1.807, 2.05) is 29.2 Å². The van der Waals surface area contributed by atoms with Crippen LogP contribution < -0.4 is 11.1 Å². The summed E-state index contributed by atoms with van der Waals surface area (Å²) in [6, 6.07) is 12.1. The van der Waals surface area contributed by atoms with Crippen molar-refractivity contribution in [1.29, 1.82) is 0 Å². The zero-order valence-corrected chi connectivity index (χ0v) is 17.0. The van der Waals surface area contributed by atoms with E-state index in [0.717, 1.165) is 24.9 Å². The molecule has 2 amide bonds. The first-order valence-electron chi connectivity index (χ1n) is 9.29. The number of nitrogens with zero attached hydrogens (tertiary/aromatic N) is 1. The summed E-state index contributed by atoms with van der Waals surface area (Å²) in [6.45, 7) is 1.35. The number of amides is 2. The number of halogens is 2. The summed E-state index contributed by atoms with van der Waals surface area (Å²) in [6.07, 6.45) is 2.20. The Balaban J connectivity index is 1.62. The number of rotatable bonds is 7. The molecule has 0 spiro atoms. The minimum atomic E-state index is -0.325. The monoisotopic (exact) mass is 447 g/mol. The van der Waals surface area contributed by atoms with Crippen molar-refractivity contribution in [2.24, 2.45) is 5.73 Å². The molecular formula is C21H23BrFN3O2. The molecule has 1 aliphatic heterocycles. The Morgan fingerprint density at radius 3 is 2.75 bits per heavy atom. The maximum Gasteiger partial charge on any atom is 0.234 e. The first kappa shape index (κ1) is 20.5. The van der Waals surface area contributed by atoms with Crippen molar-refractivity contribution in [2.75, 3.05) is 11.9 Å². The van der Waals surface area contributed by atoms with Crippen LogP contribution in [0.5, 0.6) is 0 Å². The van der Waals surface area contributed by atoms with E-state index < -0.39 is 0 Å². The Morgan fingerprint density at radius 2 is 2.00 bits per heavy atom. The van der Waals surface area contributed by atoms with Crippen molar-refractivity contribution in [3.63, 3.8) is 0 Å². The third-order valence-corrected chi connectivity index (χ3v) is 5.49. The summed E-state index contributed by atoms with van der Waals surface area (Å²) in [4.78, 5) is 26.1. The Kier molecular flexibility index (Phi) is 6.80. The van der Waals surface area contributed by atoms with Crippen LogP contribution in [0.15, 0.2) is 46.9 Å². The molecule has 1 unspecified atom stereocenters. The smallest absolute Gasteiger partial charge is 0.234 e. The number of hydrogen-bond acceptors (Lipinski definition) is 3. The molecule has 5 nitrogen and oxygen atoms in total. The van der Waals surface area contributed by atoms with E-state index >= 15 is 0 Å². The van der Waals surface area contributed by atoms with Gasteiger partial charge in [0.15, 0.2) is 0 Å². The average molecular weight is 448 g/mol. The third kappa shape index (κ3) is 5.17. The van der Waals surface area contributed by atoms with Crippen molar-refractivity contribution >= 4 is 33.4 Å². The first-order chi connectivity index (χ1) is 13.4. The molecule has 0 saturated carbocycles. The van der Waals surface area contributed by atoms with Gasteiger partial charge in [0.1, 0.15) is 5.82 Å². The van der Waals surface area contributed by atoms with Crippen LogP contribution in [0.4, 0.5) is 10.1 Å². The zero-order valence-electron chi connectivity index (χ0n) is 15.5. The topological polar surface area (TPSA) is 75.4 Å². The molecule has 28 heavy (non-hydrogen) atoms. The minimum absolute atomic E-state index is 0.178. The summed E-state index contributed by atoms with van der Waals surface area (Å²) in [5.74, 6) is -0.813. The average Bonchev–Trinajstić information content (AvgIpc) is 3.11. The number of nitrogens with one attached hydrogen (secondary N) is 1. The van der Waals surface area contributed by atoms with Crippen molar-refractivity contribution in [3.05, 3.63) is 63.9 Å². The number of hydrogen-bond donors (Lipinski definition) is 2. The van der Waals surface area contributed by atoms with E-state index in [2.05, 4.69) is 21.2 Å². The predicted molar refractivity (Wildman–Crippen MR) is 110 cm³/mol. The number of likely N-dealkylation sites (tertiary alicyclic amines) is 1. The maximum absolute atomic E-state index is 13.9. The second kappa shape index (κ2) is 9.30. The minimum Gasteiger partial charge on any atom is -0.368 e. The highest BCUT2D eigenvalue weighted by atomic mass is 79.9. The molecule has 3 N–H and O–H groups in total. The number of aryl methyl sites for hydroxylation is 1. The highest BCUT2D eigenvalue weighted by molar-refractivity contribution is 9.10. The van der Waals surface area contributed by atoms with Crippen molar-refractivity contribution in [2.45, 2.75) is 38.3 Å². The van der Waals surface area contributed by atoms with Crippen LogP contribution in [0.3, 0.4) is 0 Å². The van der Waals surface area contributed by atoms with Gasteiger partial charge in [0, 0.05) is 23.1 Å². The van der Waals surface area contributed by atoms with Gasteiger partial charge in [-0.15, -0.1) is 0 Å². The molecule has 1 saturated heterocycles. The highest BCUT2D eigenvalue weighted by Crippen LogP contribution is 2.24. The van der Waals surface area contributed by atoms with Crippen molar-refractivity contribution in [3.8, 4) is 0 Å². The van der Waals surface area contributed by atoms with Crippen molar-refractivity contribution < 1.29 is 14.0 Å². The van der Waals surface area contributed by atoms with Crippen LogP contribution in [0.1, 0.15) is 30.4 Å². The van der Waals surface area contributed by atoms with Gasteiger partial charge in [0.2, 0.25) is 11.8 Å². The fourth-order valence-corrected chi connectivity index (χ4v) is 3.86. The number of nitrogens with two attached hydrogens (primary N) is 1. The lowest BCUT2D eigenvalue weighted by molar-refractivity contribution is -0.122. The fourth-order valence-electron chi connectivity index (χ4n) is 3.52. The van der Waals surface area contributed by atoms with Crippen LogP contribution in [-0.2, 0) is 22.6 Å². The summed E-state index contributed by atoms with van der Waals surface area (Å²) >= 11 is 3.23. The van der Waals surface area contributed by atoms with E-state index in [9.17, 15) is 14.0 Å². The standard InChI is InChI=1S/C21H23BrFN3O2/c22-16-9-7-14(17(23)12-16)8-10-20(27)25-18-5-2-1-4-15(18)13-26-11-3-6-19(26)21(24)28/h1-2,4-5,7,9,12,19H,3,6,8,10-11,13H2,(H2,24,28)(H,25,27). The molecule has 0 aliphatic carbocycles. The summed E-state index contributed by atoms with van der Waals surface area (Å²) in [5, 5.41) is 2.92. The Bertz CT molecular complexity index is 874. The lowest BCUT2D eigenvalue weighted by Gasteiger charge is -2.23. The van der Waals surface area contributed by atoms with Gasteiger partial charge in [0.25, 0.3) is 0 Å². The first-order valence-corrected chi connectivity index (χ1v) is 10.1. The number of carbonyl (C=O) groups is 2. The molecule has 0 radical (unpaired) electrons. The van der Waals surface area contributed by atoms with Gasteiger partial charge in [-0.2, -0.15) is 0 Å². The Morgan fingerprint density at radius 1 is 1.21 bits per heavy atom. The van der Waals surface area contributed by atoms with Gasteiger partial charge >= 0.3 is 0 Å². The summed E-state index contributed by atoms with van der Waals surface area (Å²) < 4.78 is 14.6. The molecule has 7 heteroatoms. The van der Waals surface area contributed by atoms with Crippen LogP contribution in [0.2, 0.25) is 0 Å². The van der Waals surface area contributed by atoms with Gasteiger partial charge in [-0.3, -0.25) is 14.5 Å². The molecule has 1 atom stereocenters. The molecule has 0 bridgehead atoms. The van der Waals surface area contributed by atoms with E-state index in [1.165, 1.54) is 6.07 Å². The molecule has 2 aromatic rings. The van der Waals surface area contributed by atoms with Crippen LogP contribution in [0, 0.1) is 5.82 Å². The molecule has 148 valence electrons. The molecule has 3 rings (SSSR count). The molecule has 1 heterocycles. The van der Waals surface area contributed by atoms with Gasteiger partial charge < -0.3 is 11.1 Å². The molecular weight excluding hydrogens is 425 g/mol. The molecule has 2 aromatic carbocycles. The van der Waals surface area contributed by atoms with Crippen LogP contribution in [-0.4, -0.2) is 29.3 Å². The van der Waals surface area contributed by atoms with Crippen LogP contribution >= 0.6 is 15.9 Å². The second-order valence-electron chi connectivity index (χ2n) is 6.97. The molecule has 0 aromatic heterocycles. The largest absolute Gasteiger partial charge is 0.368 e. The van der Waals surface area contributed by atoms with Gasteiger partial charge in [-0.05, 0) is 55.1 Å². The summed E-state index contributed by atoms with van der Waals surface area (Å²) in [5.41, 5.74) is 7.64. The Labute approximate surface area is 172 Å². The predicted octanol–water partition coefficient (Wildman–Crippen LogP) is 3.61. The van der Waals surface area contributed by atoms with Crippen molar-refractivity contribution in [1.82, 2.24) is 4.90 Å². The van der Waals surface area contributed by atoms with Gasteiger partial charge in [-0.1, -0.05) is 40.2 Å². The van der Waals surface area contributed by atoms with E-state index in [1.54, 1.807) is 12.1 Å². The number of primary amides is 1. The van der Waals surface area contributed by atoms with E-state index in [-0.39, 0.29) is 30.1 Å². The van der Waals surface area contributed by atoms with Crippen LogP contribution in [0.25, 0.3) is 0 Å². The quantitative estimate of drug-likeness (QED) is 0.680. The lowest BCUT2D eigenvalue weighted by Crippen LogP contribution is -2.39. The van der Waals surface area contributed by atoms with Gasteiger partial charge in [0.05, 0.1) is 6.04 Å². The van der Waals surface area contributed by atoms with Gasteiger partial charge in [-0.25, -0.2) is 4.39 Å². The molecule has 1 aliphatic rings. The highest BCUT2D eigenvalue weighted by Gasteiger charge is 2.29. The number of anilines is 1. The maximum atomic E-state index is 13.9. The fraction of sp³-hybridized carbons (Fsp3) is 0.333. The SMILES string of the molecule is NC(=O)C1CCCN1Cc1ccccc1NC(=O)CCc1ccc(Br)cc1F. The van der Waals surface area contributed by atoms with E-state index in [4.69, 9.17) is 5.73 Å². The summed E-state index contributed by atoms with van der Waals surface area (Å²) in [7, 11) is 0. The second-order valence-corrected chi connectivity index (χ2v) is 7.89. The normalized spacial score (nSPS) is 16.9. The lowest BCUT2D eigenvalue weighted by atomic mass is 10.1. The Hall–Kier alpha value is -2.25.